The van der Waals surface area contributed by atoms with Crippen molar-refractivity contribution in [3.63, 3.8) is 0 Å². The minimum Gasteiger partial charge on any atom is -0.240 e. The van der Waals surface area contributed by atoms with E-state index in [2.05, 4.69) is 4.98 Å². The van der Waals surface area contributed by atoms with Gasteiger partial charge in [0.05, 0.1) is 16.5 Å². The van der Waals surface area contributed by atoms with Crippen LogP contribution in [0.5, 0.6) is 0 Å². The van der Waals surface area contributed by atoms with Crippen molar-refractivity contribution < 1.29 is 21.2 Å². The zero-order valence-electron chi connectivity index (χ0n) is 8.10. The van der Waals surface area contributed by atoms with Gasteiger partial charge in [0.25, 0.3) is 0 Å². The molecule has 0 saturated heterocycles. The van der Waals surface area contributed by atoms with Crippen LogP contribution in [-0.2, 0) is 18.9 Å². The molecule has 0 aliphatic carbocycles. The van der Waals surface area contributed by atoms with Crippen LogP contribution in [0.25, 0.3) is 0 Å². The van der Waals surface area contributed by atoms with Gasteiger partial charge < -0.3 is 0 Å². The third-order valence-corrected chi connectivity index (χ3v) is 4.92. The van der Waals surface area contributed by atoms with Crippen LogP contribution in [0.1, 0.15) is 0 Å². The lowest BCUT2D eigenvalue weighted by Gasteiger charge is -2.03. The summed E-state index contributed by atoms with van der Waals surface area (Å²) in [5, 5.41) is -0.909. The highest BCUT2D eigenvalue weighted by Gasteiger charge is 2.23. The van der Waals surface area contributed by atoms with Crippen molar-refractivity contribution in [1.29, 1.82) is 0 Å². The van der Waals surface area contributed by atoms with E-state index in [1.54, 1.807) is 0 Å². The second kappa shape index (κ2) is 5.05. The highest BCUT2D eigenvalue weighted by molar-refractivity contribution is 8.14. The SMILES string of the molecule is O=S(=O)(Cl)CCS(=O)(=O)c1ncc(Cl)cc1F. The summed E-state index contributed by atoms with van der Waals surface area (Å²) in [6.45, 7) is 0. The molecule has 96 valence electrons. The van der Waals surface area contributed by atoms with Crippen LogP contribution in [0, 0.1) is 5.82 Å². The van der Waals surface area contributed by atoms with Gasteiger partial charge in [0, 0.05) is 16.9 Å². The van der Waals surface area contributed by atoms with Gasteiger partial charge in [-0.3, -0.25) is 0 Å². The minimum atomic E-state index is -4.15. The van der Waals surface area contributed by atoms with Gasteiger partial charge >= 0.3 is 0 Å². The standard InChI is InChI=1S/C7H6Cl2FNO4S2/c8-5-3-6(10)7(11-4-5)16(12,13)1-2-17(9,14)15/h3-4H,1-2H2. The Morgan fingerprint density at radius 2 is 1.82 bits per heavy atom. The van der Waals surface area contributed by atoms with Gasteiger partial charge in [-0.05, 0) is 6.07 Å². The normalized spacial score (nSPS) is 12.6. The molecule has 17 heavy (non-hydrogen) atoms. The van der Waals surface area contributed by atoms with Crippen LogP contribution < -0.4 is 0 Å². The number of pyridine rings is 1. The fourth-order valence-electron chi connectivity index (χ4n) is 0.937. The van der Waals surface area contributed by atoms with Crippen LogP contribution in [0.4, 0.5) is 4.39 Å². The maximum Gasteiger partial charge on any atom is 0.233 e. The van der Waals surface area contributed by atoms with E-state index in [4.69, 9.17) is 22.3 Å². The van der Waals surface area contributed by atoms with E-state index >= 15 is 0 Å². The molecule has 0 aliphatic rings. The predicted molar refractivity (Wildman–Crippen MR) is 60.9 cm³/mol. The van der Waals surface area contributed by atoms with Gasteiger partial charge in [0.2, 0.25) is 9.05 Å². The predicted octanol–water partition coefficient (Wildman–Crippen LogP) is 1.22. The molecule has 0 amide bonds. The Morgan fingerprint density at radius 1 is 1.24 bits per heavy atom. The van der Waals surface area contributed by atoms with Crippen molar-refractivity contribution >= 4 is 41.2 Å². The molecule has 0 radical (unpaired) electrons. The van der Waals surface area contributed by atoms with Crippen LogP contribution in [0.2, 0.25) is 5.02 Å². The number of hydrogen-bond donors (Lipinski definition) is 0. The second-order valence-corrected chi connectivity index (χ2v) is 8.36. The summed E-state index contributed by atoms with van der Waals surface area (Å²) in [6, 6.07) is 0.774. The number of hydrogen-bond acceptors (Lipinski definition) is 5. The smallest absolute Gasteiger partial charge is 0.233 e. The van der Waals surface area contributed by atoms with Crippen LogP contribution in [0.3, 0.4) is 0 Å². The molecule has 1 aromatic rings. The van der Waals surface area contributed by atoms with Gasteiger partial charge in [0.1, 0.15) is 0 Å². The van der Waals surface area contributed by atoms with Crippen molar-refractivity contribution in [2.75, 3.05) is 11.5 Å². The summed E-state index contributed by atoms with van der Waals surface area (Å²) in [6.07, 6.45) is 0.951. The molecule has 5 nitrogen and oxygen atoms in total. The molecule has 10 heteroatoms. The molecule has 1 heterocycles. The van der Waals surface area contributed by atoms with Gasteiger partial charge in [-0.15, -0.1) is 0 Å². The largest absolute Gasteiger partial charge is 0.240 e. The second-order valence-electron chi connectivity index (χ2n) is 3.00. The first-order valence-electron chi connectivity index (χ1n) is 4.08. The first kappa shape index (κ1) is 14.6. The Morgan fingerprint density at radius 3 is 2.29 bits per heavy atom. The van der Waals surface area contributed by atoms with E-state index in [9.17, 15) is 21.2 Å². The zero-order valence-corrected chi connectivity index (χ0v) is 11.2. The lowest BCUT2D eigenvalue weighted by Crippen LogP contribution is -2.16. The molecule has 0 aliphatic heterocycles. The van der Waals surface area contributed by atoms with Crippen molar-refractivity contribution in [1.82, 2.24) is 4.98 Å². The third-order valence-electron chi connectivity index (χ3n) is 1.66. The van der Waals surface area contributed by atoms with Crippen LogP contribution in [-0.4, -0.2) is 33.3 Å². The number of sulfone groups is 1. The van der Waals surface area contributed by atoms with Crippen molar-refractivity contribution in [3.8, 4) is 0 Å². The maximum atomic E-state index is 13.3. The third kappa shape index (κ3) is 4.38. The molecular formula is C7H6Cl2FNO4S2. The van der Waals surface area contributed by atoms with Gasteiger partial charge in [-0.25, -0.2) is 26.2 Å². The zero-order chi connectivity index (χ0) is 13.3. The molecule has 1 rings (SSSR count). The highest BCUT2D eigenvalue weighted by atomic mass is 35.7. The van der Waals surface area contributed by atoms with Crippen molar-refractivity contribution in [3.05, 3.63) is 23.1 Å². The summed E-state index contributed by atoms with van der Waals surface area (Å²) in [7, 11) is -3.25. The summed E-state index contributed by atoms with van der Waals surface area (Å²) in [5.41, 5.74) is 0. The molecule has 1 aromatic heterocycles. The average molecular weight is 322 g/mol. The van der Waals surface area contributed by atoms with Gasteiger partial charge in [-0.2, -0.15) is 0 Å². The summed E-state index contributed by atoms with van der Waals surface area (Å²) in [4.78, 5) is 3.32. The molecule has 0 fully saturated rings. The van der Waals surface area contributed by atoms with E-state index in [1.807, 2.05) is 0 Å². The van der Waals surface area contributed by atoms with Gasteiger partial charge in [0.15, 0.2) is 20.7 Å². The Bertz CT molecular complexity index is 629. The number of rotatable bonds is 4. The molecule has 0 bridgehead atoms. The Balaban J connectivity index is 3.06. The molecule has 0 spiro atoms. The Hall–Kier alpha value is -0.440. The van der Waals surface area contributed by atoms with E-state index in [1.165, 1.54) is 0 Å². The van der Waals surface area contributed by atoms with E-state index in [0.29, 0.717) is 0 Å². The number of halogens is 3. The first-order chi connectivity index (χ1) is 7.62. The van der Waals surface area contributed by atoms with E-state index < -0.39 is 41.2 Å². The maximum absolute atomic E-state index is 13.3. The fourth-order valence-corrected chi connectivity index (χ4v) is 4.08. The number of nitrogens with zero attached hydrogens (tertiary/aromatic N) is 1. The lowest BCUT2D eigenvalue weighted by atomic mass is 10.5. The lowest BCUT2D eigenvalue weighted by molar-refractivity contribution is 0.553. The molecule has 0 atom stereocenters. The Labute approximate surface area is 107 Å². The molecule has 0 saturated carbocycles. The summed E-state index contributed by atoms with van der Waals surface area (Å²) >= 11 is 5.40. The fraction of sp³-hybridized carbons (Fsp3) is 0.286. The van der Waals surface area contributed by atoms with Crippen LogP contribution in [0.15, 0.2) is 17.3 Å². The monoisotopic (exact) mass is 321 g/mol. The van der Waals surface area contributed by atoms with E-state index in [0.717, 1.165) is 12.3 Å². The Kier molecular flexibility index (Phi) is 4.34. The van der Waals surface area contributed by atoms with Gasteiger partial charge in [-0.1, -0.05) is 11.6 Å². The van der Waals surface area contributed by atoms with E-state index in [-0.39, 0.29) is 5.02 Å². The van der Waals surface area contributed by atoms with Crippen LogP contribution >= 0.6 is 22.3 Å². The molecule has 0 N–H and O–H groups in total. The summed E-state index contributed by atoms with van der Waals surface area (Å²) < 4.78 is 57.6. The minimum absolute atomic E-state index is 0.0635. The van der Waals surface area contributed by atoms with Crippen molar-refractivity contribution in [2.24, 2.45) is 0 Å². The molecule has 0 aromatic carbocycles. The topological polar surface area (TPSA) is 81.2 Å². The van der Waals surface area contributed by atoms with Crippen molar-refractivity contribution in [2.45, 2.75) is 5.03 Å². The first-order valence-corrected chi connectivity index (χ1v) is 8.59. The summed E-state index contributed by atoms with van der Waals surface area (Å²) in [5.74, 6) is -2.80. The quantitative estimate of drug-likeness (QED) is 0.779. The average Bonchev–Trinajstić information content (AvgIpc) is 2.13. The molecular weight excluding hydrogens is 316 g/mol. The highest BCUT2D eigenvalue weighted by Crippen LogP contribution is 2.17. The molecule has 0 unspecified atom stereocenters. The number of aromatic nitrogens is 1.